The summed E-state index contributed by atoms with van der Waals surface area (Å²) in [5.74, 6) is 0. The summed E-state index contributed by atoms with van der Waals surface area (Å²) in [6.45, 7) is 8.68. The molecule has 0 bridgehead atoms. The van der Waals surface area contributed by atoms with E-state index in [-0.39, 0.29) is 0 Å². The van der Waals surface area contributed by atoms with Gasteiger partial charge in [0.15, 0.2) is 0 Å². The molecular formula is C64H46N4. The molecule has 68 heavy (non-hydrogen) atoms. The summed E-state index contributed by atoms with van der Waals surface area (Å²) in [5, 5.41) is 16.1. The van der Waals surface area contributed by atoms with Crippen molar-refractivity contribution in [2.24, 2.45) is 0 Å². The molecule has 12 rings (SSSR count). The Labute approximate surface area is 396 Å². The minimum Gasteiger partial charge on any atom is -0.309 e. The van der Waals surface area contributed by atoms with E-state index >= 15 is 0 Å². The van der Waals surface area contributed by atoms with Gasteiger partial charge in [0.05, 0.1) is 39.0 Å². The Morgan fingerprint density at radius 3 is 1.01 bits per heavy atom. The van der Waals surface area contributed by atoms with E-state index in [4.69, 9.17) is 0 Å². The predicted octanol–water partition coefficient (Wildman–Crippen LogP) is 16.7. The molecule has 0 atom stereocenters. The fourth-order valence-corrected chi connectivity index (χ4v) is 10.6. The SMILES string of the molecule is Cc1ccccc1-c1ccc2c3ccc(-c4ccccc4C)cc3n(-c3cc(-c4ccncc4)c(-n4c5cc(-c6ccccc6C)ccc5c5ccc(-c6ccccc6C)cc54)cc3C#N)c2c1. The molecule has 0 aliphatic carbocycles. The lowest BCUT2D eigenvalue weighted by molar-refractivity contribution is 1.13. The van der Waals surface area contributed by atoms with Crippen LogP contribution in [0.25, 0.3) is 111 Å². The fourth-order valence-electron chi connectivity index (χ4n) is 10.6. The zero-order chi connectivity index (χ0) is 46.0. The molecule has 0 fully saturated rings. The molecule has 3 heterocycles. The molecule has 9 aromatic carbocycles. The van der Waals surface area contributed by atoms with Crippen molar-refractivity contribution in [2.75, 3.05) is 0 Å². The Morgan fingerprint density at radius 2 is 0.676 bits per heavy atom. The van der Waals surface area contributed by atoms with Crippen LogP contribution in [0.5, 0.6) is 0 Å². The number of benzene rings is 9. The summed E-state index contributed by atoms with van der Waals surface area (Å²) in [4.78, 5) is 4.48. The molecule has 322 valence electrons. The van der Waals surface area contributed by atoms with Crippen molar-refractivity contribution >= 4 is 43.6 Å². The molecule has 4 heteroatoms. The van der Waals surface area contributed by atoms with Crippen LogP contribution >= 0.6 is 0 Å². The van der Waals surface area contributed by atoms with Gasteiger partial charge in [-0.2, -0.15) is 5.26 Å². The van der Waals surface area contributed by atoms with Gasteiger partial charge in [0.2, 0.25) is 0 Å². The number of rotatable bonds is 7. The Morgan fingerprint density at radius 1 is 0.338 bits per heavy atom. The maximum absolute atomic E-state index is 11.6. The van der Waals surface area contributed by atoms with Crippen molar-refractivity contribution in [3.8, 4) is 73.1 Å². The van der Waals surface area contributed by atoms with Crippen molar-refractivity contribution in [3.63, 3.8) is 0 Å². The second-order valence-corrected chi connectivity index (χ2v) is 18.1. The Hall–Kier alpha value is -8.78. The maximum atomic E-state index is 11.6. The van der Waals surface area contributed by atoms with Crippen LogP contribution in [0.2, 0.25) is 0 Å². The highest BCUT2D eigenvalue weighted by molar-refractivity contribution is 6.13. The van der Waals surface area contributed by atoms with Crippen molar-refractivity contribution in [2.45, 2.75) is 27.7 Å². The largest absolute Gasteiger partial charge is 0.309 e. The van der Waals surface area contributed by atoms with Crippen LogP contribution in [0.1, 0.15) is 27.8 Å². The Balaban J connectivity index is 1.20. The topological polar surface area (TPSA) is 46.5 Å². The highest BCUT2D eigenvalue weighted by Crippen LogP contribution is 2.44. The fraction of sp³-hybridized carbons (Fsp3) is 0.0625. The van der Waals surface area contributed by atoms with E-state index in [9.17, 15) is 5.26 Å². The van der Waals surface area contributed by atoms with E-state index in [1.54, 1.807) is 0 Å². The van der Waals surface area contributed by atoms with Crippen molar-refractivity contribution in [1.82, 2.24) is 14.1 Å². The molecule has 0 unspecified atom stereocenters. The van der Waals surface area contributed by atoms with E-state index in [2.05, 4.69) is 242 Å². The minimum atomic E-state index is 0.569. The van der Waals surface area contributed by atoms with E-state index in [0.717, 1.165) is 88.4 Å². The molecule has 0 amide bonds. The number of aromatic nitrogens is 3. The molecule has 0 aliphatic rings. The van der Waals surface area contributed by atoms with Crippen molar-refractivity contribution in [3.05, 3.63) is 234 Å². The van der Waals surface area contributed by atoms with Gasteiger partial charge in [-0.1, -0.05) is 146 Å². The lowest BCUT2D eigenvalue weighted by Gasteiger charge is -2.19. The van der Waals surface area contributed by atoms with Gasteiger partial charge in [-0.3, -0.25) is 4.98 Å². The summed E-state index contributed by atoms with van der Waals surface area (Å²) in [7, 11) is 0. The number of nitriles is 1. The molecule has 0 aliphatic heterocycles. The monoisotopic (exact) mass is 870 g/mol. The molecule has 0 N–H and O–H groups in total. The second kappa shape index (κ2) is 16.3. The third-order valence-corrected chi connectivity index (χ3v) is 14.1. The van der Waals surface area contributed by atoms with E-state index in [1.165, 1.54) is 44.5 Å². The Bertz CT molecular complexity index is 3820. The first-order valence-electron chi connectivity index (χ1n) is 23.2. The third kappa shape index (κ3) is 6.63. The maximum Gasteiger partial charge on any atom is 0.101 e. The summed E-state index contributed by atoms with van der Waals surface area (Å²) < 4.78 is 4.73. The number of fused-ring (bicyclic) bond motifs is 6. The normalized spacial score (nSPS) is 11.5. The van der Waals surface area contributed by atoms with Gasteiger partial charge in [-0.25, -0.2) is 0 Å². The highest BCUT2D eigenvalue weighted by atomic mass is 15.0. The Kier molecular flexibility index (Phi) is 9.74. The summed E-state index contributed by atoms with van der Waals surface area (Å²) in [6, 6.07) is 72.8. The van der Waals surface area contributed by atoms with Crippen molar-refractivity contribution in [1.29, 1.82) is 5.26 Å². The van der Waals surface area contributed by atoms with Crippen LogP contribution < -0.4 is 0 Å². The van der Waals surface area contributed by atoms with Crippen LogP contribution in [0.4, 0.5) is 0 Å². The van der Waals surface area contributed by atoms with E-state index < -0.39 is 0 Å². The molecule has 3 aromatic heterocycles. The average Bonchev–Trinajstić information content (AvgIpc) is 3.87. The van der Waals surface area contributed by atoms with Crippen LogP contribution in [0.3, 0.4) is 0 Å². The zero-order valence-corrected chi connectivity index (χ0v) is 38.4. The molecular weight excluding hydrogens is 825 g/mol. The highest BCUT2D eigenvalue weighted by Gasteiger charge is 2.24. The summed E-state index contributed by atoms with van der Waals surface area (Å²) >= 11 is 0. The zero-order valence-electron chi connectivity index (χ0n) is 38.4. The number of hydrogen-bond acceptors (Lipinski definition) is 2. The first kappa shape index (κ1) is 40.7. The molecule has 0 saturated carbocycles. The van der Waals surface area contributed by atoms with Crippen LogP contribution in [-0.2, 0) is 0 Å². The smallest absolute Gasteiger partial charge is 0.101 e. The molecule has 0 radical (unpaired) electrons. The number of hydrogen-bond donors (Lipinski definition) is 0. The van der Waals surface area contributed by atoms with Crippen LogP contribution in [0, 0.1) is 39.0 Å². The van der Waals surface area contributed by atoms with Gasteiger partial charge in [0.25, 0.3) is 0 Å². The first-order valence-corrected chi connectivity index (χ1v) is 23.2. The lowest BCUT2D eigenvalue weighted by Crippen LogP contribution is -2.04. The lowest BCUT2D eigenvalue weighted by atomic mass is 9.98. The van der Waals surface area contributed by atoms with Crippen molar-refractivity contribution < 1.29 is 0 Å². The van der Waals surface area contributed by atoms with Crippen LogP contribution in [-0.4, -0.2) is 14.1 Å². The van der Waals surface area contributed by atoms with E-state index in [1.807, 2.05) is 12.4 Å². The molecule has 0 saturated heterocycles. The molecule has 12 aromatic rings. The molecule has 0 spiro atoms. The van der Waals surface area contributed by atoms with Gasteiger partial charge < -0.3 is 9.13 Å². The van der Waals surface area contributed by atoms with Gasteiger partial charge in [-0.05, 0) is 149 Å². The van der Waals surface area contributed by atoms with Gasteiger partial charge in [-0.15, -0.1) is 0 Å². The summed E-state index contributed by atoms with van der Waals surface area (Å²) in [5.41, 5.74) is 22.6. The van der Waals surface area contributed by atoms with Gasteiger partial charge in [0.1, 0.15) is 6.07 Å². The number of nitrogens with zero attached hydrogens (tertiary/aromatic N) is 4. The number of pyridine rings is 1. The third-order valence-electron chi connectivity index (χ3n) is 14.1. The van der Waals surface area contributed by atoms with E-state index in [0.29, 0.717) is 5.56 Å². The second-order valence-electron chi connectivity index (χ2n) is 18.1. The van der Waals surface area contributed by atoms with Crippen LogP contribution in [0.15, 0.2) is 207 Å². The molecule has 4 nitrogen and oxygen atoms in total. The summed E-state index contributed by atoms with van der Waals surface area (Å²) in [6.07, 6.45) is 3.72. The quantitative estimate of drug-likeness (QED) is 0.160. The van der Waals surface area contributed by atoms with Gasteiger partial charge in [0, 0.05) is 39.5 Å². The first-order chi connectivity index (χ1) is 33.3. The number of aryl methyl sites for hydroxylation is 4. The minimum absolute atomic E-state index is 0.569. The predicted molar refractivity (Wildman–Crippen MR) is 284 cm³/mol. The standard InChI is InChI=1S/C64H46N4/c1-40-13-5-9-17-50(40)45-21-25-54-55-26-22-46(51-18-10-6-14-41(51)2)34-61(55)67(60(54)33-45)59-38-58(44-29-31-66-32-30-44)64(37-49(59)39-65)68-62-35-47(52-19-11-7-15-42(52)3)23-27-56(62)57-28-24-48(36-63(57)68)53-20-12-8-16-43(53)4/h5-38H,1-4H3. The van der Waals surface area contributed by atoms with Gasteiger partial charge >= 0.3 is 0 Å². The average molecular weight is 871 g/mol.